The molecule has 0 aliphatic heterocycles. The van der Waals surface area contributed by atoms with Crippen molar-refractivity contribution >= 4 is 12.0 Å². The third kappa shape index (κ3) is 2.46. The zero-order valence-electron chi connectivity index (χ0n) is 6.27. The second-order valence-corrected chi connectivity index (χ2v) is 2.27. The Morgan fingerprint density at radius 1 is 1.42 bits per heavy atom. The largest absolute Gasteiger partial charge is 0.508 e. The van der Waals surface area contributed by atoms with Crippen molar-refractivity contribution in [2.24, 2.45) is 0 Å². The molecular formula is C9H8O3. The number of aromatic hydroxyl groups is 1. The first-order chi connectivity index (χ1) is 5.68. The molecule has 1 rings (SSSR count). The van der Waals surface area contributed by atoms with Crippen molar-refractivity contribution in [2.45, 2.75) is 0 Å². The minimum Gasteiger partial charge on any atom is -0.508 e. The van der Waals surface area contributed by atoms with Gasteiger partial charge in [-0.1, -0.05) is 12.1 Å². The van der Waals surface area contributed by atoms with Crippen LogP contribution in [0.4, 0.5) is 0 Å². The van der Waals surface area contributed by atoms with Crippen LogP contribution in [0.5, 0.6) is 5.75 Å². The minimum absolute atomic E-state index is 0.127. The SMILES string of the molecule is O=C(O)/C=C\c1cccc(O)c1. The topological polar surface area (TPSA) is 57.5 Å². The highest BCUT2D eigenvalue weighted by atomic mass is 16.4. The van der Waals surface area contributed by atoms with E-state index in [0.29, 0.717) is 5.56 Å². The molecule has 0 unspecified atom stereocenters. The van der Waals surface area contributed by atoms with Crippen molar-refractivity contribution in [3.8, 4) is 5.75 Å². The summed E-state index contributed by atoms with van der Waals surface area (Å²) in [6.07, 6.45) is 2.44. The number of carboxylic acids is 1. The van der Waals surface area contributed by atoms with Gasteiger partial charge >= 0.3 is 5.97 Å². The van der Waals surface area contributed by atoms with Crippen LogP contribution in [-0.4, -0.2) is 16.2 Å². The van der Waals surface area contributed by atoms with Crippen LogP contribution in [-0.2, 0) is 4.79 Å². The molecule has 62 valence electrons. The molecule has 12 heavy (non-hydrogen) atoms. The molecule has 0 aromatic heterocycles. The van der Waals surface area contributed by atoms with Gasteiger partial charge in [-0.15, -0.1) is 0 Å². The van der Waals surface area contributed by atoms with Gasteiger partial charge in [-0.2, -0.15) is 0 Å². The third-order valence-electron chi connectivity index (χ3n) is 1.29. The molecular weight excluding hydrogens is 156 g/mol. The average Bonchev–Trinajstić information content (AvgIpc) is 2.01. The summed E-state index contributed by atoms with van der Waals surface area (Å²) >= 11 is 0. The maximum atomic E-state index is 10.1. The van der Waals surface area contributed by atoms with Gasteiger partial charge in [-0.05, 0) is 23.8 Å². The molecule has 1 aromatic carbocycles. The molecule has 1 aromatic rings. The first kappa shape index (κ1) is 8.33. The van der Waals surface area contributed by atoms with Crippen LogP contribution < -0.4 is 0 Å². The lowest BCUT2D eigenvalue weighted by Crippen LogP contribution is -1.85. The maximum absolute atomic E-state index is 10.1. The molecule has 0 aliphatic carbocycles. The number of hydrogen-bond acceptors (Lipinski definition) is 2. The van der Waals surface area contributed by atoms with Gasteiger partial charge in [0.1, 0.15) is 5.75 Å². The Morgan fingerprint density at radius 2 is 2.17 bits per heavy atom. The predicted octanol–water partition coefficient (Wildman–Crippen LogP) is 1.49. The summed E-state index contributed by atoms with van der Waals surface area (Å²) in [6, 6.07) is 6.37. The normalized spacial score (nSPS) is 10.3. The Morgan fingerprint density at radius 3 is 2.75 bits per heavy atom. The maximum Gasteiger partial charge on any atom is 0.328 e. The average molecular weight is 164 g/mol. The van der Waals surface area contributed by atoms with E-state index < -0.39 is 5.97 Å². The molecule has 0 heterocycles. The molecule has 0 fully saturated rings. The summed E-state index contributed by atoms with van der Waals surface area (Å²) in [7, 11) is 0. The van der Waals surface area contributed by atoms with Crippen LogP contribution in [0.1, 0.15) is 5.56 Å². The van der Waals surface area contributed by atoms with E-state index in [-0.39, 0.29) is 5.75 Å². The van der Waals surface area contributed by atoms with E-state index in [4.69, 9.17) is 10.2 Å². The molecule has 3 heteroatoms. The number of phenols is 1. The lowest BCUT2D eigenvalue weighted by molar-refractivity contribution is -0.131. The van der Waals surface area contributed by atoms with E-state index >= 15 is 0 Å². The van der Waals surface area contributed by atoms with Crippen molar-refractivity contribution in [3.05, 3.63) is 35.9 Å². The molecule has 0 bridgehead atoms. The summed E-state index contributed by atoms with van der Waals surface area (Å²) in [5.74, 6) is -0.874. The van der Waals surface area contributed by atoms with Crippen molar-refractivity contribution in [3.63, 3.8) is 0 Å². The quantitative estimate of drug-likeness (QED) is 0.651. The molecule has 0 atom stereocenters. The number of carboxylic acid groups (broad SMARTS) is 1. The Balaban J connectivity index is 2.83. The Labute approximate surface area is 69.6 Å². The van der Waals surface area contributed by atoms with Crippen LogP contribution in [0.25, 0.3) is 6.08 Å². The zero-order chi connectivity index (χ0) is 8.97. The van der Waals surface area contributed by atoms with E-state index in [9.17, 15) is 4.79 Å². The second-order valence-electron chi connectivity index (χ2n) is 2.27. The molecule has 2 N–H and O–H groups in total. The lowest BCUT2D eigenvalue weighted by atomic mass is 10.2. The van der Waals surface area contributed by atoms with Crippen LogP contribution >= 0.6 is 0 Å². The zero-order valence-corrected chi connectivity index (χ0v) is 6.27. The van der Waals surface area contributed by atoms with Crippen LogP contribution in [0.3, 0.4) is 0 Å². The third-order valence-corrected chi connectivity index (χ3v) is 1.29. The minimum atomic E-state index is -1.00. The van der Waals surface area contributed by atoms with E-state index in [2.05, 4.69) is 0 Å². The fourth-order valence-electron chi connectivity index (χ4n) is 0.796. The van der Waals surface area contributed by atoms with Gasteiger partial charge in [0, 0.05) is 6.08 Å². The van der Waals surface area contributed by atoms with Gasteiger partial charge in [0.2, 0.25) is 0 Å². The van der Waals surface area contributed by atoms with Crippen molar-refractivity contribution in [1.29, 1.82) is 0 Å². The van der Waals surface area contributed by atoms with E-state index in [1.165, 1.54) is 18.2 Å². The number of hydrogen-bond donors (Lipinski definition) is 2. The van der Waals surface area contributed by atoms with E-state index in [1.807, 2.05) is 0 Å². The smallest absolute Gasteiger partial charge is 0.328 e. The fraction of sp³-hybridized carbons (Fsp3) is 0. The van der Waals surface area contributed by atoms with Gasteiger partial charge in [-0.3, -0.25) is 0 Å². The second kappa shape index (κ2) is 3.57. The standard InChI is InChI=1S/C9H8O3/c10-8-3-1-2-7(6-8)4-5-9(11)12/h1-6,10H,(H,11,12)/b5-4-. The van der Waals surface area contributed by atoms with Gasteiger partial charge < -0.3 is 10.2 Å². The van der Waals surface area contributed by atoms with Gasteiger partial charge in [0.25, 0.3) is 0 Å². The molecule has 0 saturated heterocycles. The van der Waals surface area contributed by atoms with E-state index in [0.717, 1.165) is 6.08 Å². The fourth-order valence-corrected chi connectivity index (χ4v) is 0.796. The number of rotatable bonds is 2. The van der Waals surface area contributed by atoms with Gasteiger partial charge in [-0.25, -0.2) is 4.79 Å². The molecule has 3 nitrogen and oxygen atoms in total. The van der Waals surface area contributed by atoms with Gasteiger partial charge in [0.05, 0.1) is 0 Å². The summed E-state index contributed by atoms with van der Waals surface area (Å²) < 4.78 is 0. The highest BCUT2D eigenvalue weighted by Gasteiger charge is 1.90. The molecule has 0 amide bonds. The number of benzene rings is 1. The summed E-state index contributed by atoms with van der Waals surface area (Å²) in [6.45, 7) is 0. The number of carbonyl (C=O) groups is 1. The molecule has 0 aliphatic rings. The summed E-state index contributed by atoms with van der Waals surface area (Å²) in [5, 5.41) is 17.3. The predicted molar refractivity (Wildman–Crippen MR) is 44.8 cm³/mol. The first-order valence-electron chi connectivity index (χ1n) is 3.38. The van der Waals surface area contributed by atoms with Gasteiger partial charge in [0.15, 0.2) is 0 Å². The molecule has 0 radical (unpaired) electrons. The number of phenolic OH excluding ortho intramolecular Hbond substituents is 1. The van der Waals surface area contributed by atoms with Crippen LogP contribution in [0, 0.1) is 0 Å². The number of aliphatic carboxylic acids is 1. The monoisotopic (exact) mass is 164 g/mol. The summed E-state index contributed by atoms with van der Waals surface area (Å²) in [5.41, 5.74) is 0.664. The highest BCUT2D eigenvalue weighted by molar-refractivity contribution is 5.85. The highest BCUT2D eigenvalue weighted by Crippen LogP contribution is 2.11. The van der Waals surface area contributed by atoms with Crippen LogP contribution in [0.2, 0.25) is 0 Å². The molecule has 0 saturated carbocycles. The summed E-state index contributed by atoms with van der Waals surface area (Å²) in [4.78, 5) is 10.1. The molecule has 0 spiro atoms. The van der Waals surface area contributed by atoms with Crippen LogP contribution in [0.15, 0.2) is 30.3 Å². The first-order valence-corrected chi connectivity index (χ1v) is 3.38. The Hall–Kier alpha value is -1.77. The van der Waals surface area contributed by atoms with Crippen molar-refractivity contribution < 1.29 is 15.0 Å². The van der Waals surface area contributed by atoms with E-state index in [1.54, 1.807) is 12.1 Å². The Bertz CT molecular complexity index is 315. The van der Waals surface area contributed by atoms with Crippen molar-refractivity contribution in [1.82, 2.24) is 0 Å². The lowest BCUT2D eigenvalue weighted by Gasteiger charge is -1.92. The Kier molecular flexibility index (Phi) is 2.48. The van der Waals surface area contributed by atoms with Crippen molar-refractivity contribution in [2.75, 3.05) is 0 Å².